The van der Waals surface area contributed by atoms with Gasteiger partial charge in [-0.25, -0.2) is 0 Å². The summed E-state index contributed by atoms with van der Waals surface area (Å²) in [6, 6.07) is 14.2. The third-order valence-corrected chi connectivity index (χ3v) is 5.52. The van der Waals surface area contributed by atoms with Gasteiger partial charge < -0.3 is 10.2 Å². The quantitative estimate of drug-likeness (QED) is 0.918. The Morgan fingerprint density at radius 1 is 1.04 bits per heavy atom. The Morgan fingerprint density at radius 2 is 1.81 bits per heavy atom. The minimum absolute atomic E-state index is 0.0240. The van der Waals surface area contributed by atoms with Crippen molar-refractivity contribution in [1.82, 2.24) is 15.1 Å². The normalized spacial score (nSPS) is 21.2. The number of amides is 2. The fourth-order valence-electron chi connectivity index (χ4n) is 4.08. The van der Waals surface area contributed by atoms with Crippen LogP contribution in [0.5, 0.6) is 0 Å². The molecule has 0 saturated carbocycles. The van der Waals surface area contributed by atoms with E-state index in [0.29, 0.717) is 13.1 Å². The number of carbonyl (C=O) groups is 2. The van der Waals surface area contributed by atoms with Gasteiger partial charge in [-0.1, -0.05) is 42.5 Å². The molecule has 1 N–H and O–H groups in total. The number of nitrogens with zero attached hydrogens (tertiary/aromatic N) is 2. The zero-order valence-electron chi connectivity index (χ0n) is 15.0. The Morgan fingerprint density at radius 3 is 2.65 bits per heavy atom. The molecule has 2 amide bonds. The van der Waals surface area contributed by atoms with Gasteiger partial charge in [-0.15, -0.1) is 0 Å². The number of hydrogen-bond donors (Lipinski definition) is 1. The largest absolute Gasteiger partial charge is 0.353 e. The highest BCUT2D eigenvalue weighted by molar-refractivity contribution is 5.89. The second-order valence-corrected chi connectivity index (χ2v) is 7.21. The summed E-state index contributed by atoms with van der Waals surface area (Å²) in [6.45, 7) is 3.75. The van der Waals surface area contributed by atoms with E-state index in [4.69, 9.17) is 0 Å². The molecule has 26 heavy (non-hydrogen) atoms. The van der Waals surface area contributed by atoms with Crippen molar-refractivity contribution in [3.05, 3.63) is 48.0 Å². The number of piperazine rings is 1. The van der Waals surface area contributed by atoms with Crippen LogP contribution in [0.25, 0.3) is 10.8 Å². The number of fused-ring (bicyclic) bond motifs is 1. The Bertz CT molecular complexity index is 809. The van der Waals surface area contributed by atoms with Gasteiger partial charge >= 0.3 is 0 Å². The van der Waals surface area contributed by atoms with Crippen LogP contribution >= 0.6 is 0 Å². The fraction of sp³-hybridized carbons (Fsp3) is 0.429. The van der Waals surface area contributed by atoms with Crippen LogP contribution in [0.15, 0.2) is 42.5 Å². The first-order chi connectivity index (χ1) is 12.7. The molecule has 2 heterocycles. The molecular weight excluding hydrogens is 326 g/mol. The molecule has 2 saturated heterocycles. The van der Waals surface area contributed by atoms with Gasteiger partial charge in [0.05, 0.1) is 12.5 Å². The molecule has 1 atom stereocenters. The number of hydrogen-bond acceptors (Lipinski definition) is 3. The van der Waals surface area contributed by atoms with Gasteiger partial charge in [0.25, 0.3) is 0 Å². The summed E-state index contributed by atoms with van der Waals surface area (Å²) >= 11 is 0. The molecule has 2 aromatic rings. The molecule has 5 heteroatoms. The Kier molecular flexibility index (Phi) is 4.89. The molecule has 5 nitrogen and oxygen atoms in total. The summed E-state index contributed by atoms with van der Waals surface area (Å²) in [5.41, 5.74) is 1.21. The highest BCUT2D eigenvalue weighted by atomic mass is 16.2. The van der Waals surface area contributed by atoms with Crippen molar-refractivity contribution in [3.8, 4) is 0 Å². The number of likely N-dealkylation sites (tertiary alicyclic amines) is 1. The molecule has 0 spiro atoms. The highest BCUT2D eigenvalue weighted by Gasteiger charge is 2.33. The Labute approximate surface area is 154 Å². The van der Waals surface area contributed by atoms with Gasteiger partial charge in [0.15, 0.2) is 0 Å². The first kappa shape index (κ1) is 17.0. The zero-order chi connectivity index (χ0) is 17.9. The highest BCUT2D eigenvalue weighted by Crippen LogP contribution is 2.23. The predicted octanol–water partition coefficient (Wildman–Crippen LogP) is 2.15. The minimum atomic E-state index is -0.379. The monoisotopic (exact) mass is 351 g/mol. The van der Waals surface area contributed by atoms with Gasteiger partial charge in [-0.2, -0.15) is 0 Å². The van der Waals surface area contributed by atoms with Crippen LogP contribution in [0.1, 0.15) is 24.8 Å². The van der Waals surface area contributed by atoms with E-state index in [2.05, 4.69) is 40.5 Å². The minimum Gasteiger partial charge on any atom is -0.353 e. The second-order valence-electron chi connectivity index (χ2n) is 7.21. The standard InChI is InChI=1S/C21H25N3O2/c25-20(23-11-3-4-12-23)14-19-21(26)22-10-13-24(19)15-17-8-5-7-16-6-1-2-9-18(16)17/h1-2,5-9,19H,3-4,10-15H2,(H,22,26). The van der Waals surface area contributed by atoms with Crippen LogP contribution in [0.2, 0.25) is 0 Å². The van der Waals surface area contributed by atoms with Gasteiger partial charge in [-0.3, -0.25) is 14.5 Å². The van der Waals surface area contributed by atoms with E-state index in [1.165, 1.54) is 16.3 Å². The van der Waals surface area contributed by atoms with Crippen LogP contribution in [0.3, 0.4) is 0 Å². The summed E-state index contributed by atoms with van der Waals surface area (Å²) in [5, 5.41) is 5.35. The first-order valence-corrected chi connectivity index (χ1v) is 9.48. The van der Waals surface area contributed by atoms with Crippen molar-refractivity contribution in [3.63, 3.8) is 0 Å². The third kappa shape index (κ3) is 3.44. The first-order valence-electron chi connectivity index (χ1n) is 9.48. The van der Waals surface area contributed by atoms with Crippen molar-refractivity contribution in [2.45, 2.75) is 31.8 Å². The molecule has 0 bridgehead atoms. The van der Waals surface area contributed by atoms with E-state index in [1.54, 1.807) is 0 Å². The number of nitrogens with one attached hydrogen (secondary N) is 1. The van der Waals surface area contributed by atoms with Crippen LogP contribution in [-0.2, 0) is 16.1 Å². The number of rotatable bonds is 4. The summed E-state index contributed by atoms with van der Waals surface area (Å²) in [5.74, 6) is 0.0801. The molecule has 1 unspecified atom stereocenters. The van der Waals surface area contributed by atoms with E-state index >= 15 is 0 Å². The fourth-order valence-corrected chi connectivity index (χ4v) is 4.08. The van der Waals surface area contributed by atoms with E-state index in [0.717, 1.165) is 32.5 Å². The molecule has 2 aromatic carbocycles. The lowest BCUT2D eigenvalue weighted by molar-refractivity contribution is -0.138. The third-order valence-electron chi connectivity index (χ3n) is 5.52. The maximum absolute atomic E-state index is 12.6. The maximum atomic E-state index is 12.6. The molecule has 2 fully saturated rings. The predicted molar refractivity (Wildman–Crippen MR) is 102 cm³/mol. The number of benzene rings is 2. The van der Waals surface area contributed by atoms with E-state index < -0.39 is 0 Å². The SMILES string of the molecule is O=C1NCCN(Cc2cccc3ccccc23)C1CC(=O)N1CCCC1. The van der Waals surface area contributed by atoms with E-state index in [-0.39, 0.29) is 24.3 Å². The van der Waals surface area contributed by atoms with E-state index in [1.807, 2.05) is 17.0 Å². The van der Waals surface area contributed by atoms with Crippen LogP contribution in [-0.4, -0.2) is 53.8 Å². The summed E-state index contributed by atoms with van der Waals surface area (Å²) in [7, 11) is 0. The average Bonchev–Trinajstić information content (AvgIpc) is 3.20. The summed E-state index contributed by atoms with van der Waals surface area (Å²) < 4.78 is 0. The second kappa shape index (κ2) is 7.46. The van der Waals surface area contributed by atoms with E-state index in [9.17, 15) is 9.59 Å². The lowest BCUT2D eigenvalue weighted by Crippen LogP contribution is -2.56. The lowest BCUT2D eigenvalue weighted by Gasteiger charge is -2.35. The van der Waals surface area contributed by atoms with Crippen molar-refractivity contribution >= 4 is 22.6 Å². The molecular formula is C21H25N3O2. The number of carbonyl (C=O) groups excluding carboxylic acids is 2. The van der Waals surface area contributed by atoms with Crippen molar-refractivity contribution in [2.24, 2.45) is 0 Å². The molecule has 0 radical (unpaired) electrons. The van der Waals surface area contributed by atoms with Crippen molar-refractivity contribution in [2.75, 3.05) is 26.2 Å². The van der Waals surface area contributed by atoms with Crippen molar-refractivity contribution in [1.29, 1.82) is 0 Å². The molecule has 4 rings (SSSR count). The van der Waals surface area contributed by atoms with Crippen LogP contribution in [0.4, 0.5) is 0 Å². The smallest absolute Gasteiger partial charge is 0.237 e. The molecule has 2 aliphatic heterocycles. The summed E-state index contributed by atoms with van der Waals surface area (Å²) in [4.78, 5) is 29.1. The average molecular weight is 351 g/mol. The van der Waals surface area contributed by atoms with Gasteiger partial charge in [-0.05, 0) is 29.2 Å². The van der Waals surface area contributed by atoms with Gasteiger partial charge in [0.1, 0.15) is 0 Å². The molecule has 0 aromatic heterocycles. The topological polar surface area (TPSA) is 52.7 Å². The van der Waals surface area contributed by atoms with Gasteiger partial charge in [0.2, 0.25) is 11.8 Å². The van der Waals surface area contributed by atoms with Gasteiger partial charge in [0, 0.05) is 32.7 Å². The Hall–Kier alpha value is -2.40. The van der Waals surface area contributed by atoms with Crippen molar-refractivity contribution < 1.29 is 9.59 Å². The van der Waals surface area contributed by atoms with Crippen LogP contribution < -0.4 is 5.32 Å². The zero-order valence-corrected chi connectivity index (χ0v) is 15.0. The van der Waals surface area contributed by atoms with Crippen LogP contribution in [0, 0.1) is 0 Å². The maximum Gasteiger partial charge on any atom is 0.237 e. The Balaban J connectivity index is 1.54. The molecule has 2 aliphatic rings. The molecule has 136 valence electrons. The molecule has 0 aliphatic carbocycles. The summed E-state index contributed by atoms with van der Waals surface area (Å²) in [6.07, 6.45) is 2.42. The lowest BCUT2D eigenvalue weighted by atomic mass is 10.0.